The third kappa shape index (κ3) is 21.3. The highest BCUT2D eigenvalue weighted by molar-refractivity contribution is 5.81. The highest BCUT2D eigenvalue weighted by atomic mass is 14.5. The molecule has 0 heterocycles. The topological polar surface area (TPSA) is 49.9 Å². The Morgan fingerprint density at radius 1 is 0.593 bits per heavy atom. The van der Waals surface area contributed by atoms with E-state index in [0.717, 1.165) is 30.5 Å². The molecule has 0 bridgehead atoms. The second-order valence-corrected chi connectivity index (χ2v) is 8.46. The highest BCUT2D eigenvalue weighted by Gasteiger charge is 2.00. The number of nitrogens with one attached hydrogen (secondary N) is 1. The molecule has 0 rings (SSSR count). The van der Waals surface area contributed by atoms with Crippen LogP contribution in [0.4, 0.5) is 0 Å². The Morgan fingerprint density at radius 2 is 0.963 bits per heavy atom. The van der Waals surface area contributed by atoms with Gasteiger partial charge < -0.3 is 11.1 Å². The van der Waals surface area contributed by atoms with Crippen LogP contribution >= 0.6 is 0 Å². The van der Waals surface area contributed by atoms with Crippen LogP contribution in [0.15, 0.2) is 24.3 Å². The fraction of sp³-hybridized carbons (Fsp3) is 0.800. The van der Waals surface area contributed by atoms with Crippen LogP contribution in [0.3, 0.4) is 0 Å². The largest absolute Gasteiger partial charge is 0.327 e. The van der Waals surface area contributed by atoms with E-state index < -0.39 is 0 Å². The Bertz CT molecular complexity index is 384. The van der Waals surface area contributed by atoms with Gasteiger partial charge in [-0.3, -0.25) is 0 Å². The van der Waals surface area contributed by atoms with E-state index >= 15 is 0 Å². The van der Waals surface area contributed by atoms with Crippen molar-refractivity contribution in [3.8, 4) is 0 Å². The van der Waals surface area contributed by atoms with E-state index in [9.17, 15) is 0 Å². The summed E-state index contributed by atoms with van der Waals surface area (Å²) >= 11 is 0. The Morgan fingerprint density at radius 3 is 1.33 bits per heavy atom. The summed E-state index contributed by atoms with van der Waals surface area (Å²) in [6, 6.07) is 0. The summed E-state index contributed by atoms with van der Waals surface area (Å²) < 4.78 is 0. The number of hydrogen-bond donors (Lipinski definition) is 2. The third-order valence-electron chi connectivity index (χ3n) is 5.40. The van der Waals surface area contributed by atoms with Gasteiger partial charge in [-0.05, 0) is 45.4 Å². The molecule has 0 saturated heterocycles. The lowest BCUT2D eigenvalue weighted by Crippen LogP contribution is -2.04. The van der Waals surface area contributed by atoms with Crippen molar-refractivity contribution >= 4 is 5.71 Å². The molecule has 0 fully saturated rings. The average Bonchev–Trinajstić information content (AvgIpc) is 2.65. The molecule has 0 aliphatic carbocycles. The molecule has 0 aliphatic heterocycles. The maximum Gasteiger partial charge on any atom is 0.0134 e. The minimum absolute atomic E-state index is 0.559. The molecule has 0 aliphatic rings. The van der Waals surface area contributed by atoms with Crippen molar-refractivity contribution in [3.05, 3.63) is 24.3 Å². The molecule has 3 N–H and O–H groups in total. The Labute approximate surface area is 170 Å². The Hall–Kier alpha value is -0.890. The first kappa shape index (κ1) is 26.1. The summed E-state index contributed by atoms with van der Waals surface area (Å²) in [6.07, 6.45) is 23.2. The predicted octanol–water partition coefficient (Wildman–Crippen LogP) is 8.12. The van der Waals surface area contributed by atoms with Crippen LogP contribution in [-0.4, -0.2) is 12.3 Å². The van der Waals surface area contributed by atoms with Gasteiger partial charge in [0.25, 0.3) is 0 Å². The SMILES string of the molecule is C=C(C)CCCCCCCCCCCCCCCCC(=N)CCC(=C)CN. The molecule has 27 heavy (non-hydrogen) atoms. The van der Waals surface area contributed by atoms with Crippen molar-refractivity contribution in [2.45, 2.75) is 122 Å². The number of allylic oxidation sites excluding steroid dienone is 1. The Balaban J connectivity index is 3.15. The van der Waals surface area contributed by atoms with Gasteiger partial charge in [0.15, 0.2) is 0 Å². The molecule has 158 valence electrons. The summed E-state index contributed by atoms with van der Waals surface area (Å²) in [5, 5.41) is 7.96. The number of hydrogen-bond acceptors (Lipinski definition) is 2. The zero-order valence-corrected chi connectivity index (χ0v) is 18.4. The van der Waals surface area contributed by atoms with Gasteiger partial charge in [0.05, 0.1) is 0 Å². The van der Waals surface area contributed by atoms with Crippen LogP contribution in [0.2, 0.25) is 0 Å². The van der Waals surface area contributed by atoms with Crippen LogP contribution in [-0.2, 0) is 0 Å². The van der Waals surface area contributed by atoms with E-state index in [1.807, 2.05) is 0 Å². The van der Waals surface area contributed by atoms with E-state index in [-0.39, 0.29) is 0 Å². The normalized spacial score (nSPS) is 10.9. The molecule has 0 aromatic rings. The van der Waals surface area contributed by atoms with Gasteiger partial charge in [-0.2, -0.15) is 0 Å². The van der Waals surface area contributed by atoms with Gasteiger partial charge >= 0.3 is 0 Å². The fourth-order valence-electron chi connectivity index (χ4n) is 3.44. The molecule has 0 unspecified atom stereocenters. The van der Waals surface area contributed by atoms with Crippen molar-refractivity contribution in [1.29, 1.82) is 5.41 Å². The summed E-state index contributed by atoms with van der Waals surface area (Å²) in [5.74, 6) is 0. The summed E-state index contributed by atoms with van der Waals surface area (Å²) in [5.41, 5.74) is 8.81. The van der Waals surface area contributed by atoms with Gasteiger partial charge in [0.1, 0.15) is 0 Å². The minimum atomic E-state index is 0.559. The second kappa shape index (κ2) is 19.9. The van der Waals surface area contributed by atoms with E-state index in [0.29, 0.717) is 6.54 Å². The fourth-order valence-corrected chi connectivity index (χ4v) is 3.44. The number of nitrogens with two attached hydrogens (primary N) is 1. The van der Waals surface area contributed by atoms with Gasteiger partial charge in [0.2, 0.25) is 0 Å². The lowest BCUT2D eigenvalue weighted by molar-refractivity contribution is 0.534. The maximum absolute atomic E-state index is 7.96. The quantitative estimate of drug-likeness (QED) is 0.119. The van der Waals surface area contributed by atoms with Crippen molar-refractivity contribution in [2.24, 2.45) is 5.73 Å². The highest BCUT2D eigenvalue weighted by Crippen LogP contribution is 2.15. The molecule has 2 heteroatoms. The summed E-state index contributed by atoms with van der Waals surface area (Å²) in [4.78, 5) is 0. The molecule has 0 amide bonds. The standard InChI is InChI=1S/C25H48N2/c1-23(2)18-16-14-12-10-8-6-4-5-7-9-11-13-15-17-19-25(27)21-20-24(3)22-26/h27H,1,3-22,26H2,2H3. The first-order valence-electron chi connectivity index (χ1n) is 11.6. The number of rotatable bonds is 21. The van der Waals surface area contributed by atoms with Crippen molar-refractivity contribution < 1.29 is 0 Å². The monoisotopic (exact) mass is 376 g/mol. The van der Waals surface area contributed by atoms with Crippen LogP contribution in [0.25, 0.3) is 0 Å². The van der Waals surface area contributed by atoms with E-state index in [1.54, 1.807) is 0 Å². The maximum atomic E-state index is 7.96. The first-order valence-corrected chi connectivity index (χ1v) is 11.6. The number of unbranched alkanes of at least 4 members (excludes halogenated alkanes) is 13. The molecular formula is C25H48N2. The van der Waals surface area contributed by atoms with Crippen molar-refractivity contribution in [3.63, 3.8) is 0 Å². The van der Waals surface area contributed by atoms with Crippen molar-refractivity contribution in [2.75, 3.05) is 6.54 Å². The average molecular weight is 377 g/mol. The zero-order valence-electron chi connectivity index (χ0n) is 18.4. The van der Waals surface area contributed by atoms with E-state index in [4.69, 9.17) is 11.1 Å². The molecule has 0 aromatic heterocycles. The Kier molecular flexibility index (Phi) is 19.2. The summed E-state index contributed by atoms with van der Waals surface area (Å²) in [6.45, 7) is 10.6. The molecule has 0 spiro atoms. The molecule has 0 saturated carbocycles. The van der Waals surface area contributed by atoms with Gasteiger partial charge in [0, 0.05) is 12.3 Å². The van der Waals surface area contributed by atoms with Gasteiger partial charge in [-0.1, -0.05) is 94.8 Å². The molecular weight excluding hydrogens is 328 g/mol. The van der Waals surface area contributed by atoms with Crippen LogP contribution in [0, 0.1) is 5.41 Å². The smallest absolute Gasteiger partial charge is 0.0134 e. The molecule has 0 atom stereocenters. The van der Waals surface area contributed by atoms with Crippen molar-refractivity contribution in [1.82, 2.24) is 0 Å². The first-order chi connectivity index (χ1) is 13.1. The van der Waals surface area contributed by atoms with Gasteiger partial charge in [-0.25, -0.2) is 0 Å². The summed E-state index contributed by atoms with van der Waals surface area (Å²) in [7, 11) is 0. The van der Waals surface area contributed by atoms with E-state index in [2.05, 4.69) is 20.1 Å². The van der Waals surface area contributed by atoms with Crippen LogP contribution < -0.4 is 5.73 Å². The molecule has 0 aromatic carbocycles. The van der Waals surface area contributed by atoms with E-state index in [1.165, 1.54) is 102 Å². The third-order valence-corrected chi connectivity index (χ3v) is 5.40. The lowest BCUT2D eigenvalue weighted by atomic mass is 10.0. The van der Waals surface area contributed by atoms with Crippen LogP contribution in [0.5, 0.6) is 0 Å². The minimum Gasteiger partial charge on any atom is -0.327 e. The second-order valence-electron chi connectivity index (χ2n) is 8.46. The predicted molar refractivity (Wildman–Crippen MR) is 124 cm³/mol. The van der Waals surface area contributed by atoms with Gasteiger partial charge in [-0.15, -0.1) is 6.58 Å². The zero-order chi connectivity index (χ0) is 20.2. The van der Waals surface area contributed by atoms with Crippen LogP contribution in [0.1, 0.15) is 122 Å². The molecule has 0 radical (unpaired) electrons. The molecule has 2 nitrogen and oxygen atoms in total. The lowest BCUT2D eigenvalue weighted by Gasteiger charge is -2.06.